The van der Waals surface area contributed by atoms with Gasteiger partial charge in [0.15, 0.2) is 0 Å². The van der Waals surface area contributed by atoms with Crippen molar-refractivity contribution in [2.24, 2.45) is 0 Å². The highest BCUT2D eigenvalue weighted by molar-refractivity contribution is 6.28. The van der Waals surface area contributed by atoms with E-state index in [-0.39, 0.29) is 17.5 Å². The Labute approximate surface area is 129 Å². The molecule has 2 rings (SSSR count). The zero-order valence-corrected chi connectivity index (χ0v) is 13.3. The fourth-order valence-electron chi connectivity index (χ4n) is 2.01. The highest BCUT2D eigenvalue weighted by Gasteiger charge is 2.30. The first-order chi connectivity index (χ1) is 9.83. The molecule has 0 spiro atoms. The van der Waals surface area contributed by atoms with Crippen LogP contribution in [0.3, 0.4) is 0 Å². The summed E-state index contributed by atoms with van der Waals surface area (Å²) < 4.78 is 11.1. The van der Waals surface area contributed by atoms with E-state index in [4.69, 9.17) is 21.1 Å². The van der Waals surface area contributed by atoms with Crippen molar-refractivity contribution in [3.05, 3.63) is 23.2 Å². The van der Waals surface area contributed by atoms with Crippen molar-refractivity contribution in [3.8, 4) is 0 Å². The monoisotopic (exact) mass is 313 g/mol. The zero-order chi connectivity index (χ0) is 15.5. The summed E-state index contributed by atoms with van der Waals surface area (Å²) in [4.78, 5) is 21.5. The molecular formula is C14H20ClN3O3. The SMILES string of the molecule is CC(C)(C)OC(=O)N1CCC(OCc2ccnc(Cl)n2)C1. The van der Waals surface area contributed by atoms with Gasteiger partial charge in [-0.05, 0) is 44.9 Å². The molecule has 116 valence electrons. The molecule has 0 aliphatic carbocycles. The van der Waals surface area contributed by atoms with E-state index in [0.29, 0.717) is 19.7 Å². The number of nitrogens with zero attached hydrogens (tertiary/aromatic N) is 3. The normalized spacial score (nSPS) is 18.9. The van der Waals surface area contributed by atoms with E-state index < -0.39 is 5.60 Å². The van der Waals surface area contributed by atoms with Gasteiger partial charge in [-0.15, -0.1) is 0 Å². The van der Waals surface area contributed by atoms with Crippen molar-refractivity contribution in [1.82, 2.24) is 14.9 Å². The number of halogens is 1. The van der Waals surface area contributed by atoms with Crippen molar-refractivity contribution in [2.45, 2.75) is 45.5 Å². The van der Waals surface area contributed by atoms with E-state index in [1.807, 2.05) is 20.8 Å². The molecule has 1 fully saturated rings. The van der Waals surface area contributed by atoms with Crippen LogP contribution >= 0.6 is 11.6 Å². The maximum atomic E-state index is 11.9. The van der Waals surface area contributed by atoms with Gasteiger partial charge >= 0.3 is 6.09 Å². The first kappa shape index (κ1) is 16.0. The summed E-state index contributed by atoms with van der Waals surface area (Å²) in [5.74, 6) is 0. The summed E-state index contributed by atoms with van der Waals surface area (Å²) in [6.45, 7) is 7.10. The minimum Gasteiger partial charge on any atom is -0.444 e. The lowest BCUT2D eigenvalue weighted by molar-refractivity contribution is 0.0179. The average Bonchev–Trinajstić information content (AvgIpc) is 2.83. The van der Waals surface area contributed by atoms with Crippen LogP contribution in [0.25, 0.3) is 0 Å². The van der Waals surface area contributed by atoms with Crippen molar-refractivity contribution in [1.29, 1.82) is 0 Å². The lowest BCUT2D eigenvalue weighted by Crippen LogP contribution is -2.36. The second-order valence-electron chi connectivity index (χ2n) is 5.97. The lowest BCUT2D eigenvalue weighted by Gasteiger charge is -2.24. The standard InChI is InChI=1S/C14H20ClN3O3/c1-14(2,3)21-13(19)18-7-5-11(8-18)20-9-10-4-6-16-12(15)17-10/h4,6,11H,5,7-9H2,1-3H3. The molecule has 1 aliphatic heterocycles. The third kappa shape index (κ3) is 5.13. The summed E-state index contributed by atoms with van der Waals surface area (Å²) in [5.41, 5.74) is 0.249. The van der Waals surface area contributed by atoms with Gasteiger partial charge < -0.3 is 14.4 Å². The Kier molecular flexibility index (Phi) is 5.00. The largest absolute Gasteiger partial charge is 0.444 e. The molecule has 1 saturated heterocycles. The summed E-state index contributed by atoms with van der Waals surface area (Å²) in [6.07, 6.45) is 2.08. The van der Waals surface area contributed by atoms with Crippen molar-refractivity contribution in [2.75, 3.05) is 13.1 Å². The molecule has 0 radical (unpaired) electrons. The van der Waals surface area contributed by atoms with Gasteiger partial charge in [-0.3, -0.25) is 0 Å². The molecule has 2 heterocycles. The quantitative estimate of drug-likeness (QED) is 0.803. The minimum absolute atomic E-state index is 0.00809. The van der Waals surface area contributed by atoms with Crippen LogP contribution in [0.2, 0.25) is 5.28 Å². The second-order valence-corrected chi connectivity index (χ2v) is 6.30. The Bertz CT molecular complexity index is 504. The average molecular weight is 314 g/mol. The van der Waals surface area contributed by atoms with Crippen LogP contribution in [0, 0.1) is 0 Å². The smallest absolute Gasteiger partial charge is 0.410 e. The number of hydrogen-bond donors (Lipinski definition) is 0. The van der Waals surface area contributed by atoms with E-state index in [9.17, 15) is 4.79 Å². The van der Waals surface area contributed by atoms with Gasteiger partial charge in [0, 0.05) is 12.7 Å². The van der Waals surface area contributed by atoms with Gasteiger partial charge in [-0.1, -0.05) is 0 Å². The fourth-order valence-corrected chi connectivity index (χ4v) is 2.17. The molecule has 0 bridgehead atoms. The predicted molar refractivity (Wildman–Crippen MR) is 78.0 cm³/mol. The lowest BCUT2D eigenvalue weighted by atomic mass is 10.2. The third-order valence-corrected chi connectivity index (χ3v) is 3.13. The van der Waals surface area contributed by atoms with Gasteiger partial charge in [0.05, 0.1) is 24.9 Å². The summed E-state index contributed by atoms with van der Waals surface area (Å²) >= 11 is 5.72. The summed E-state index contributed by atoms with van der Waals surface area (Å²) in [5, 5.41) is 0.206. The summed E-state index contributed by atoms with van der Waals surface area (Å²) in [6, 6.07) is 1.76. The second kappa shape index (κ2) is 6.58. The zero-order valence-electron chi connectivity index (χ0n) is 12.5. The van der Waals surface area contributed by atoms with Gasteiger partial charge in [0.2, 0.25) is 5.28 Å². The third-order valence-electron chi connectivity index (χ3n) is 2.95. The van der Waals surface area contributed by atoms with Crippen molar-refractivity contribution in [3.63, 3.8) is 0 Å². The number of rotatable bonds is 3. The molecule has 1 atom stereocenters. The Morgan fingerprint density at radius 3 is 2.95 bits per heavy atom. The van der Waals surface area contributed by atoms with Gasteiger partial charge in [-0.25, -0.2) is 14.8 Å². The molecular weight excluding hydrogens is 294 g/mol. The van der Waals surface area contributed by atoms with Crippen molar-refractivity contribution < 1.29 is 14.3 Å². The number of hydrogen-bond acceptors (Lipinski definition) is 5. The van der Waals surface area contributed by atoms with E-state index in [0.717, 1.165) is 12.1 Å². The Morgan fingerprint density at radius 1 is 1.52 bits per heavy atom. The molecule has 0 aromatic carbocycles. The highest BCUT2D eigenvalue weighted by atomic mass is 35.5. The van der Waals surface area contributed by atoms with Crippen LogP contribution in [0.15, 0.2) is 12.3 Å². The number of ether oxygens (including phenoxy) is 2. The van der Waals surface area contributed by atoms with Gasteiger partial charge in [-0.2, -0.15) is 0 Å². The molecule has 0 N–H and O–H groups in total. The number of aromatic nitrogens is 2. The van der Waals surface area contributed by atoms with E-state index in [1.165, 1.54) is 0 Å². The number of carbonyl (C=O) groups is 1. The maximum Gasteiger partial charge on any atom is 0.410 e. The highest BCUT2D eigenvalue weighted by Crippen LogP contribution is 2.18. The van der Waals surface area contributed by atoms with Crippen molar-refractivity contribution >= 4 is 17.7 Å². The predicted octanol–water partition coefficient (Wildman–Crippen LogP) is 2.66. The fraction of sp³-hybridized carbons (Fsp3) is 0.643. The molecule has 1 aliphatic rings. The minimum atomic E-state index is -0.478. The molecule has 1 aromatic rings. The van der Waals surface area contributed by atoms with Crippen LogP contribution in [-0.4, -0.2) is 45.8 Å². The van der Waals surface area contributed by atoms with Crippen LogP contribution in [0.1, 0.15) is 32.9 Å². The summed E-state index contributed by atoms with van der Waals surface area (Å²) in [7, 11) is 0. The Morgan fingerprint density at radius 2 is 2.29 bits per heavy atom. The molecule has 21 heavy (non-hydrogen) atoms. The molecule has 1 unspecified atom stereocenters. The Hall–Kier alpha value is -1.40. The molecule has 1 amide bonds. The topological polar surface area (TPSA) is 64.5 Å². The van der Waals surface area contributed by atoms with E-state index in [2.05, 4.69) is 9.97 Å². The molecule has 6 nitrogen and oxygen atoms in total. The Balaban J connectivity index is 1.79. The van der Waals surface area contributed by atoms with Crippen LogP contribution in [0.4, 0.5) is 4.79 Å². The van der Waals surface area contributed by atoms with Crippen LogP contribution in [-0.2, 0) is 16.1 Å². The first-order valence-corrected chi connectivity index (χ1v) is 7.28. The van der Waals surface area contributed by atoms with Gasteiger partial charge in [0.1, 0.15) is 5.60 Å². The maximum absolute atomic E-state index is 11.9. The molecule has 0 saturated carbocycles. The van der Waals surface area contributed by atoms with Gasteiger partial charge in [0.25, 0.3) is 0 Å². The number of amides is 1. The van der Waals surface area contributed by atoms with Crippen LogP contribution in [0.5, 0.6) is 0 Å². The van der Waals surface area contributed by atoms with E-state index >= 15 is 0 Å². The molecule has 7 heteroatoms. The van der Waals surface area contributed by atoms with Crippen LogP contribution < -0.4 is 0 Å². The number of likely N-dealkylation sites (tertiary alicyclic amines) is 1. The number of carbonyl (C=O) groups excluding carboxylic acids is 1. The van der Waals surface area contributed by atoms with E-state index in [1.54, 1.807) is 17.2 Å². The molecule has 1 aromatic heterocycles. The first-order valence-electron chi connectivity index (χ1n) is 6.90.